The van der Waals surface area contributed by atoms with Crippen LogP contribution in [0.5, 0.6) is 0 Å². The second-order valence-electron chi connectivity index (χ2n) is 10.4. The van der Waals surface area contributed by atoms with Crippen molar-refractivity contribution in [3.63, 3.8) is 0 Å². The summed E-state index contributed by atoms with van der Waals surface area (Å²) in [6.45, 7) is 12.0. The summed E-state index contributed by atoms with van der Waals surface area (Å²) in [5.74, 6) is -0.0609. The number of nitrogens with one attached hydrogen (secondary N) is 1. The Kier molecular flexibility index (Phi) is 8.51. The summed E-state index contributed by atoms with van der Waals surface area (Å²) in [5.41, 5.74) is 0.0613. The molecule has 0 saturated carbocycles. The van der Waals surface area contributed by atoms with Gasteiger partial charge in [0.05, 0.1) is 10.9 Å². The molecule has 2 aromatic heterocycles. The van der Waals surface area contributed by atoms with Crippen molar-refractivity contribution in [2.45, 2.75) is 72.8 Å². The minimum Gasteiger partial charge on any atom is -0.346 e. The Balaban J connectivity index is 1.95. The van der Waals surface area contributed by atoms with Gasteiger partial charge in [0.15, 0.2) is 5.65 Å². The number of amides is 2. The Morgan fingerprint density at radius 3 is 2.40 bits per heavy atom. The van der Waals surface area contributed by atoms with Crippen molar-refractivity contribution >= 4 is 22.8 Å². The number of H-pyrrole nitrogens is 1. The van der Waals surface area contributed by atoms with Gasteiger partial charge in [0.2, 0.25) is 5.91 Å². The fourth-order valence-electron chi connectivity index (χ4n) is 4.61. The zero-order chi connectivity index (χ0) is 25.9. The maximum atomic E-state index is 13.7. The Morgan fingerprint density at radius 2 is 1.83 bits per heavy atom. The molecule has 0 atom stereocenters. The third-order valence-corrected chi connectivity index (χ3v) is 6.69. The van der Waals surface area contributed by atoms with Crippen LogP contribution in [0.2, 0.25) is 0 Å². The molecule has 1 N–H and O–H groups in total. The molecule has 192 valence electrons. The zero-order valence-corrected chi connectivity index (χ0v) is 21.9. The predicted octanol–water partition coefficient (Wildman–Crippen LogP) is 2.97. The smallest absolute Gasteiger partial charge is 0.330 e. The Bertz CT molecular complexity index is 1190. The second kappa shape index (κ2) is 11.2. The van der Waals surface area contributed by atoms with Gasteiger partial charge < -0.3 is 9.80 Å². The third kappa shape index (κ3) is 5.82. The molecule has 35 heavy (non-hydrogen) atoms. The highest BCUT2D eigenvalue weighted by molar-refractivity contribution is 6.05. The lowest BCUT2D eigenvalue weighted by atomic mass is 9.94. The van der Waals surface area contributed by atoms with Crippen molar-refractivity contribution in [3.8, 4) is 0 Å². The monoisotopic (exact) mass is 485 g/mol. The number of aromatic nitrogens is 3. The van der Waals surface area contributed by atoms with Crippen molar-refractivity contribution in [2.75, 3.05) is 26.7 Å². The van der Waals surface area contributed by atoms with Gasteiger partial charge in [0, 0.05) is 44.8 Å². The van der Waals surface area contributed by atoms with Crippen LogP contribution < -0.4 is 11.2 Å². The van der Waals surface area contributed by atoms with E-state index in [1.165, 1.54) is 4.57 Å². The first-order chi connectivity index (χ1) is 16.5. The van der Waals surface area contributed by atoms with Crippen LogP contribution in [-0.2, 0) is 11.3 Å². The molecule has 0 radical (unpaired) electrons. The standard InChI is InChI=1S/C26H39N5O4/c1-7-8-11-29(6)24(33)18-9-12-30(13-10-18)25(34)19-14-20(17(4)5)27-22-21(19)23(32)28-26(35)31(22)15-16(2)3/h14,16-18H,7-13,15H2,1-6H3,(H,28,32,35). The van der Waals surface area contributed by atoms with Gasteiger partial charge in [0.25, 0.3) is 11.5 Å². The maximum Gasteiger partial charge on any atom is 0.330 e. The quantitative estimate of drug-likeness (QED) is 0.618. The number of likely N-dealkylation sites (tertiary alicyclic amines) is 1. The summed E-state index contributed by atoms with van der Waals surface area (Å²) >= 11 is 0. The largest absolute Gasteiger partial charge is 0.346 e. The first-order valence-electron chi connectivity index (χ1n) is 12.8. The first-order valence-corrected chi connectivity index (χ1v) is 12.8. The lowest BCUT2D eigenvalue weighted by molar-refractivity contribution is -0.135. The van der Waals surface area contributed by atoms with Gasteiger partial charge in [0.1, 0.15) is 0 Å². The Labute approximate surface area is 206 Å². The number of fused-ring (bicyclic) bond motifs is 1. The molecule has 9 nitrogen and oxygen atoms in total. The number of carbonyl (C=O) groups excluding carboxylic acids is 2. The summed E-state index contributed by atoms with van der Waals surface area (Å²) in [7, 11) is 1.84. The van der Waals surface area contributed by atoms with Gasteiger partial charge in [-0.05, 0) is 37.2 Å². The van der Waals surface area contributed by atoms with Crippen LogP contribution >= 0.6 is 0 Å². The van der Waals surface area contributed by atoms with Crippen molar-refractivity contribution in [3.05, 3.63) is 38.2 Å². The number of aromatic amines is 1. The van der Waals surface area contributed by atoms with Crippen LogP contribution in [0, 0.1) is 11.8 Å². The number of piperidine rings is 1. The third-order valence-electron chi connectivity index (χ3n) is 6.69. The molecule has 0 aliphatic carbocycles. The fourth-order valence-corrected chi connectivity index (χ4v) is 4.61. The van der Waals surface area contributed by atoms with Crippen molar-refractivity contribution in [1.82, 2.24) is 24.3 Å². The normalized spacial score (nSPS) is 14.8. The van der Waals surface area contributed by atoms with E-state index in [4.69, 9.17) is 0 Å². The van der Waals surface area contributed by atoms with E-state index in [-0.39, 0.29) is 46.2 Å². The van der Waals surface area contributed by atoms with E-state index in [1.807, 2.05) is 34.7 Å². The van der Waals surface area contributed by atoms with E-state index in [2.05, 4.69) is 16.9 Å². The lowest BCUT2D eigenvalue weighted by Gasteiger charge is -2.33. The summed E-state index contributed by atoms with van der Waals surface area (Å²) in [4.78, 5) is 62.5. The SMILES string of the molecule is CCCCN(C)C(=O)C1CCN(C(=O)c2cc(C(C)C)nc3c2c(=O)[nH]c(=O)n3CC(C)C)CC1. The van der Waals surface area contributed by atoms with Gasteiger partial charge in [-0.15, -0.1) is 0 Å². The fraction of sp³-hybridized carbons (Fsp3) is 0.654. The number of hydrogen-bond acceptors (Lipinski definition) is 5. The average molecular weight is 486 g/mol. The molecule has 1 saturated heterocycles. The van der Waals surface area contributed by atoms with E-state index < -0.39 is 11.2 Å². The molecule has 1 aliphatic rings. The minimum absolute atomic E-state index is 0.00913. The summed E-state index contributed by atoms with van der Waals surface area (Å²) in [5, 5.41) is 0.150. The molecule has 1 aliphatic heterocycles. The minimum atomic E-state index is -0.598. The predicted molar refractivity (Wildman–Crippen MR) is 137 cm³/mol. The molecule has 9 heteroatoms. The average Bonchev–Trinajstić information content (AvgIpc) is 2.83. The molecule has 0 bridgehead atoms. The molecular weight excluding hydrogens is 446 g/mol. The highest BCUT2D eigenvalue weighted by atomic mass is 16.2. The van der Waals surface area contributed by atoms with Crippen LogP contribution in [0.25, 0.3) is 11.0 Å². The lowest BCUT2D eigenvalue weighted by Crippen LogP contribution is -2.44. The Morgan fingerprint density at radius 1 is 1.17 bits per heavy atom. The topological polar surface area (TPSA) is 108 Å². The molecule has 3 heterocycles. The summed E-state index contributed by atoms with van der Waals surface area (Å²) < 4.78 is 1.46. The van der Waals surface area contributed by atoms with E-state index >= 15 is 0 Å². The number of nitrogens with zero attached hydrogens (tertiary/aromatic N) is 4. The molecule has 2 amide bonds. The van der Waals surface area contributed by atoms with E-state index in [0.717, 1.165) is 19.4 Å². The molecule has 0 spiro atoms. The van der Waals surface area contributed by atoms with Gasteiger partial charge in [-0.1, -0.05) is 41.0 Å². The molecule has 0 aromatic carbocycles. The van der Waals surface area contributed by atoms with Crippen LogP contribution in [-0.4, -0.2) is 62.8 Å². The van der Waals surface area contributed by atoms with Gasteiger partial charge in [-0.25, -0.2) is 9.78 Å². The maximum absolute atomic E-state index is 13.7. The number of carbonyl (C=O) groups is 2. The van der Waals surface area contributed by atoms with Crippen molar-refractivity contribution in [1.29, 1.82) is 0 Å². The molecule has 2 aromatic rings. The summed E-state index contributed by atoms with van der Waals surface area (Å²) in [6.07, 6.45) is 3.20. The van der Waals surface area contributed by atoms with E-state index in [1.54, 1.807) is 15.9 Å². The van der Waals surface area contributed by atoms with Crippen molar-refractivity contribution < 1.29 is 9.59 Å². The molecule has 1 fully saturated rings. The van der Waals surface area contributed by atoms with Crippen LogP contribution in [0.1, 0.15) is 82.3 Å². The Hall–Kier alpha value is -2.97. The van der Waals surface area contributed by atoms with Crippen molar-refractivity contribution in [2.24, 2.45) is 11.8 Å². The number of pyridine rings is 1. The molecular formula is C26H39N5O4. The highest BCUT2D eigenvalue weighted by Gasteiger charge is 2.31. The second-order valence-corrected chi connectivity index (χ2v) is 10.4. The number of hydrogen-bond donors (Lipinski definition) is 1. The molecule has 3 rings (SSSR count). The molecule has 0 unspecified atom stereocenters. The van der Waals surface area contributed by atoms with Gasteiger partial charge in [-0.2, -0.15) is 0 Å². The van der Waals surface area contributed by atoms with E-state index in [0.29, 0.717) is 38.2 Å². The van der Waals surface area contributed by atoms with E-state index in [9.17, 15) is 19.2 Å². The van der Waals surface area contributed by atoms with Crippen LogP contribution in [0.3, 0.4) is 0 Å². The number of rotatable bonds is 8. The zero-order valence-electron chi connectivity index (χ0n) is 21.9. The number of unbranched alkanes of at least 4 members (excludes halogenated alkanes) is 1. The summed E-state index contributed by atoms with van der Waals surface area (Å²) in [6, 6.07) is 1.69. The van der Waals surface area contributed by atoms with Gasteiger partial charge >= 0.3 is 5.69 Å². The van der Waals surface area contributed by atoms with Crippen LogP contribution in [0.15, 0.2) is 15.7 Å². The van der Waals surface area contributed by atoms with Gasteiger partial charge in [-0.3, -0.25) is 23.9 Å². The highest BCUT2D eigenvalue weighted by Crippen LogP contribution is 2.25. The first kappa shape index (κ1) is 26.6. The van der Waals surface area contributed by atoms with Crippen LogP contribution in [0.4, 0.5) is 0 Å².